The molecule has 0 fully saturated rings. The summed E-state index contributed by atoms with van der Waals surface area (Å²) in [5, 5.41) is 0. The van der Waals surface area contributed by atoms with E-state index in [9.17, 15) is 13.6 Å². The summed E-state index contributed by atoms with van der Waals surface area (Å²) >= 11 is 0. The van der Waals surface area contributed by atoms with Gasteiger partial charge in [-0.15, -0.1) is 0 Å². The van der Waals surface area contributed by atoms with Crippen molar-refractivity contribution in [1.29, 1.82) is 0 Å². The van der Waals surface area contributed by atoms with Gasteiger partial charge in [-0.2, -0.15) is 0 Å². The van der Waals surface area contributed by atoms with Gasteiger partial charge >= 0.3 is 0 Å². The molecule has 4 heteroatoms. The highest BCUT2D eigenvalue weighted by Gasteiger charge is 2.12. The van der Waals surface area contributed by atoms with Crippen LogP contribution in [-0.4, -0.2) is 5.78 Å². The van der Waals surface area contributed by atoms with E-state index >= 15 is 0 Å². The molecule has 18 heavy (non-hydrogen) atoms. The Morgan fingerprint density at radius 3 is 2.11 bits per heavy atom. The standard InChI is InChI=1S/C14H11F2NO/c1-8-6-9(2-4-11(8)15)14(18)10-3-5-12(16)13(17)7-10/h2-7H,17H2,1H3. The molecule has 0 amide bonds. The van der Waals surface area contributed by atoms with E-state index in [0.29, 0.717) is 11.1 Å². The van der Waals surface area contributed by atoms with Gasteiger partial charge in [0.25, 0.3) is 0 Å². The molecule has 0 aliphatic heterocycles. The largest absolute Gasteiger partial charge is 0.396 e. The van der Waals surface area contributed by atoms with E-state index in [-0.39, 0.29) is 22.9 Å². The Kier molecular flexibility index (Phi) is 3.10. The maximum absolute atomic E-state index is 13.1. The van der Waals surface area contributed by atoms with Crippen molar-refractivity contribution in [3.8, 4) is 0 Å². The summed E-state index contributed by atoms with van der Waals surface area (Å²) in [5.41, 5.74) is 6.33. The first kappa shape index (κ1) is 12.2. The van der Waals surface area contributed by atoms with Crippen LogP contribution >= 0.6 is 0 Å². The zero-order valence-electron chi connectivity index (χ0n) is 9.71. The molecule has 2 rings (SSSR count). The van der Waals surface area contributed by atoms with Crippen LogP contribution in [0.25, 0.3) is 0 Å². The molecule has 2 nitrogen and oxygen atoms in total. The molecule has 92 valence electrons. The summed E-state index contributed by atoms with van der Waals surface area (Å²) < 4.78 is 26.1. The van der Waals surface area contributed by atoms with Gasteiger partial charge in [0.15, 0.2) is 5.78 Å². The van der Waals surface area contributed by atoms with Crippen molar-refractivity contribution in [1.82, 2.24) is 0 Å². The first-order valence-corrected chi connectivity index (χ1v) is 5.35. The minimum Gasteiger partial charge on any atom is -0.396 e. The van der Waals surface area contributed by atoms with Crippen LogP contribution < -0.4 is 5.73 Å². The number of aryl methyl sites for hydroxylation is 1. The van der Waals surface area contributed by atoms with Crippen molar-refractivity contribution in [3.05, 3.63) is 64.7 Å². The number of anilines is 1. The van der Waals surface area contributed by atoms with Crippen LogP contribution in [0.1, 0.15) is 21.5 Å². The number of rotatable bonds is 2. The Bertz CT molecular complexity index is 570. The Balaban J connectivity index is 2.41. The first-order valence-electron chi connectivity index (χ1n) is 5.35. The first-order chi connectivity index (χ1) is 8.49. The smallest absolute Gasteiger partial charge is 0.193 e. The SMILES string of the molecule is Cc1cc(C(=O)c2ccc(F)c(N)c2)ccc1F. The minimum atomic E-state index is -0.568. The molecule has 0 aliphatic rings. The molecule has 0 heterocycles. The average Bonchev–Trinajstić information content (AvgIpc) is 2.35. The highest BCUT2D eigenvalue weighted by atomic mass is 19.1. The van der Waals surface area contributed by atoms with Crippen LogP contribution in [0.15, 0.2) is 36.4 Å². The van der Waals surface area contributed by atoms with Crippen molar-refractivity contribution in [3.63, 3.8) is 0 Å². The average molecular weight is 247 g/mol. The van der Waals surface area contributed by atoms with Crippen molar-refractivity contribution in [2.75, 3.05) is 5.73 Å². The van der Waals surface area contributed by atoms with E-state index in [4.69, 9.17) is 5.73 Å². The lowest BCUT2D eigenvalue weighted by Crippen LogP contribution is -2.04. The molecule has 0 radical (unpaired) electrons. The van der Waals surface area contributed by atoms with Crippen LogP contribution in [0.5, 0.6) is 0 Å². The second-order valence-electron chi connectivity index (χ2n) is 4.03. The molecule has 2 aromatic rings. The molecule has 0 spiro atoms. The monoisotopic (exact) mass is 247 g/mol. The fourth-order valence-corrected chi connectivity index (χ4v) is 1.64. The summed E-state index contributed by atoms with van der Waals surface area (Å²) in [6.07, 6.45) is 0. The van der Waals surface area contributed by atoms with Crippen molar-refractivity contribution in [2.45, 2.75) is 6.92 Å². The van der Waals surface area contributed by atoms with Gasteiger partial charge < -0.3 is 5.73 Å². The van der Waals surface area contributed by atoms with Gasteiger partial charge in [-0.25, -0.2) is 8.78 Å². The number of carbonyl (C=O) groups excluding carboxylic acids is 1. The normalized spacial score (nSPS) is 10.4. The maximum atomic E-state index is 13.1. The van der Waals surface area contributed by atoms with Gasteiger partial charge in [0, 0.05) is 11.1 Å². The van der Waals surface area contributed by atoms with Crippen molar-refractivity contribution < 1.29 is 13.6 Å². The number of carbonyl (C=O) groups is 1. The third-order valence-electron chi connectivity index (χ3n) is 2.68. The number of nitrogens with two attached hydrogens (primary N) is 1. The molecule has 0 atom stereocenters. The van der Waals surface area contributed by atoms with E-state index in [1.54, 1.807) is 6.92 Å². The molecule has 0 aliphatic carbocycles. The lowest BCUT2D eigenvalue weighted by molar-refractivity contribution is 0.103. The third-order valence-corrected chi connectivity index (χ3v) is 2.68. The quantitative estimate of drug-likeness (QED) is 0.654. The van der Waals surface area contributed by atoms with Gasteiger partial charge in [-0.05, 0) is 48.9 Å². The van der Waals surface area contributed by atoms with Gasteiger partial charge in [-0.1, -0.05) is 0 Å². The highest BCUT2D eigenvalue weighted by molar-refractivity contribution is 6.09. The van der Waals surface area contributed by atoms with Gasteiger partial charge in [0.1, 0.15) is 11.6 Å². The summed E-state index contributed by atoms with van der Waals surface area (Å²) in [6, 6.07) is 7.85. The molecule has 0 unspecified atom stereocenters. The predicted octanol–water partition coefficient (Wildman–Crippen LogP) is 3.09. The van der Waals surface area contributed by atoms with Gasteiger partial charge in [0.2, 0.25) is 0 Å². The fourth-order valence-electron chi connectivity index (χ4n) is 1.64. The van der Waals surface area contributed by atoms with Crippen LogP contribution in [0.3, 0.4) is 0 Å². The molecular formula is C14H11F2NO. The fraction of sp³-hybridized carbons (Fsp3) is 0.0714. The maximum Gasteiger partial charge on any atom is 0.193 e. The van der Waals surface area contributed by atoms with Crippen molar-refractivity contribution in [2.24, 2.45) is 0 Å². The zero-order valence-corrected chi connectivity index (χ0v) is 9.71. The van der Waals surface area contributed by atoms with E-state index in [1.165, 1.54) is 30.3 Å². The number of ketones is 1. The number of hydrogen-bond acceptors (Lipinski definition) is 2. The Hall–Kier alpha value is -2.23. The Morgan fingerprint density at radius 1 is 1.00 bits per heavy atom. The van der Waals surface area contributed by atoms with E-state index in [2.05, 4.69) is 0 Å². The lowest BCUT2D eigenvalue weighted by Gasteiger charge is -2.04. The Labute approximate surface area is 103 Å². The molecule has 2 N–H and O–H groups in total. The molecule has 2 aromatic carbocycles. The topological polar surface area (TPSA) is 43.1 Å². The number of nitrogen functional groups attached to an aromatic ring is 1. The van der Waals surface area contributed by atoms with E-state index in [1.807, 2.05) is 0 Å². The zero-order chi connectivity index (χ0) is 13.3. The summed E-state index contributed by atoms with van der Waals surface area (Å²) in [7, 11) is 0. The predicted molar refractivity (Wildman–Crippen MR) is 65.4 cm³/mol. The number of hydrogen-bond donors (Lipinski definition) is 1. The number of benzene rings is 2. The molecule has 0 aromatic heterocycles. The Morgan fingerprint density at radius 2 is 1.56 bits per heavy atom. The third kappa shape index (κ3) is 2.22. The second kappa shape index (κ2) is 4.56. The summed E-state index contributed by atoms with van der Waals surface area (Å²) in [6.45, 7) is 1.57. The molecule has 0 saturated heterocycles. The van der Waals surface area contributed by atoms with E-state index in [0.717, 1.165) is 6.07 Å². The second-order valence-corrected chi connectivity index (χ2v) is 4.03. The van der Waals surface area contributed by atoms with Crippen LogP contribution in [0, 0.1) is 18.6 Å². The lowest BCUT2D eigenvalue weighted by atomic mass is 10.0. The van der Waals surface area contributed by atoms with Gasteiger partial charge in [0.05, 0.1) is 5.69 Å². The van der Waals surface area contributed by atoms with Crippen LogP contribution in [-0.2, 0) is 0 Å². The number of halogens is 2. The van der Waals surface area contributed by atoms with Crippen LogP contribution in [0.2, 0.25) is 0 Å². The molecular weight excluding hydrogens is 236 g/mol. The van der Waals surface area contributed by atoms with Crippen LogP contribution in [0.4, 0.5) is 14.5 Å². The van der Waals surface area contributed by atoms with Gasteiger partial charge in [-0.3, -0.25) is 4.79 Å². The molecule has 0 saturated carbocycles. The van der Waals surface area contributed by atoms with Crippen molar-refractivity contribution >= 4 is 11.5 Å². The van der Waals surface area contributed by atoms with E-state index < -0.39 is 5.82 Å². The summed E-state index contributed by atoms with van der Waals surface area (Å²) in [4.78, 5) is 12.1. The molecule has 0 bridgehead atoms. The summed E-state index contributed by atoms with van der Waals surface area (Å²) in [5.74, 6) is -1.25. The minimum absolute atomic E-state index is 0.0836. The highest BCUT2D eigenvalue weighted by Crippen LogP contribution is 2.17.